The van der Waals surface area contributed by atoms with Crippen LogP contribution in [0, 0.1) is 6.92 Å². The summed E-state index contributed by atoms with van der Waals surface area (Å²) in [4.78, 5) is 25.8. The monoisotopic (exact) mass is 317 g/mol. The zero-order valence-electron chi connectivity index (χ0n) is 13.3. The van der Waals surface area contributed by atoms with E-state index in [0.717, 1.165) is 31.3 Å². The lowest BCUT2D eigenvalue weighted by Crippen LogP contribution is -2.32. The van der Waals surface area contributed by atoms with E-state index in [2.05, 4.69) is 0 Å². The normalized spacial score (nSPS) is 14.3. The molecule has 2 heterocycles. The number of amides is 1. The molecule has 1 saturated heterocycles. The van der Waals surface area contributed by atoms with E-state index in [4.69, 9.17) is 13.9 Å². The summed E-state index contributed by atoms with van der Waals surface area (Å²) >= 11 is 0. The summed E-state index contributed by atoms with van der Waals surface area (Å²) < 4.78 is 15.9. The fourth-order valence-electron chi connectivity index (χ4n) is 2.77. The Morgan fingerprint density at radius 2 is 2.00 bits per heavy atom. The molecule has 0 bridgehead atoms. The van der Waals surface area contributed by atoms with Crippen molar-refractivity contribution in [2.45, 2.75) is 19.8 Å². The van der Waals surface area contributed by atoms with Crippen molar-refractivity contribution in [2.24, 2.45) is 0 Å². The van der Waals surface area contributed by atoms with Crippen molar-refractivity contribution in [2.75, 3.05) is 26.8 Å². The quantitative estimate of drug-likeness (QED) is 0.811. The van der Waals surface area contributed by atoms with Crippen molar-refractivity contribution < 1.29 is 23.5 Å². The summed E-state index contributed by atoms with van der Waals surface area (Å²) in [5, 5.41) is 0.794. The van der Waals surface area contributed by atoms with E-state index in [0.29, 0.717) is 16.9 Å². The SMILES string of the molecule is COc1ccc2oc(C(=O)OCC(=O)N3CCCC3)c(C)c2c1. The first-order valence-electron chi connectivity index (χ1n) is 7.62. The lowest BCUT2D eigenvalue weighted by molar-refractivity contribution is -0.133. The Hall–Kier alpha value is -2.50. The van der Waals surface area contributed by atoms with Gasteiger partial charge in [-0.2, -0.15) is 0 Å². The van der Waals surface area contributed by atoms with Crippen molar-refractivity contribution in [1.82, 2.24) is 4.90 Å². The average Bonchev–Trinajstić information content (AvgIpc) is 3.20. The predicted molar refractivity (Wildman–Crippen MR) is 83.6 cm³/mol. The van der Waals surface area contributed by atoms with Crippen LogP contribution in [0.4, 0.5) is 0 Å². The fraction of sp³-hybridized carbons (Fsp3) is 0.412. The zero-order chi connectivity index (χ0) is 16.4. The van der Waals surface area contributed by atoms with Crippen molar-refractivity contribution in [3.05, 3.63) is 29.5 Å². The molecule has 1 amide bonds. The molecule has 23 heavy (non-hydrogen) atoms. The molecular weight excluding hydrogens is 298 g/mol. The maximum Gasteiger partial charge on any atom is 0.375 e. The van der Waals surface area contributed by atoms with Crippen molar-refractivity contribution in [3.63, 3.8) is 0 Å². The number of benzene rings is 1. The summed E-state index contributed by atoms with van der Waals surface area (Å²) in [6, 6.07) is 5.31. The molecule has 1 aliphatic rings. The van der Waals surface area contributed by atoms with E-state index < -0.39 is 5.97 Å². The van der Waals surface area contributed by atoms with Gasteiger partial charge in [0.15, 0.2) is 6.61 Å². The number of likely N-dealkylation sites (tertiary alicyclic amines) is 1. The number of hydrogen-bond acceptors (Lipinski definition) is 5. The van der Waals surface area contributed by atoms with Crippen LogP contribution in [0.1, 0.15) is 29.0 Å². The third-order valence-corrected chi connectivity index (χ3v) is 4.11. The highest BCUT2D eigenvalue weighted by Crippen LogP contribution is 2.29. The molecule has 0 aliphatic carbocycles. The smallest absolute Gasteiger partial charge is 0.375 e. The van der Waals surface area contributed by atoms with Gasteiger partial charge in [-0.3, -0.25) is 4.79 Å². The molecular formula is C17H19NO5. The van der Waals surface area contributed by atoms with Crippen LogP contribution in [0.5, 0.6) is 5.75 Å². The van der Waals surface area contributed by atoms with E-state index >= 15 is 0 Å². The van der Waals surface area contributed by atoms with Crippen LogP contribution < -0.4 is 4.74 Å². The number of carbonyl (C=O) groups is 2. The van der Waals surface area contributed by atoms with Gasteiger partial charge in [-0.25, -0.2) is 4.79 Å². The first-order chi connectivity index (χ1) is 11.1. The molecule has 3 rings (SSSR count). The molecule has 0 atom stereocenters. The number of furan rings is 1. The van der Waals surface area contributed by atoms with Gasteiger partial charge in [0.05, 0.1) is 7.11 Å². The second kappa shape index (κ2) is 6.32. The molecule has 1 aliphatic heterocycles. The topological polar surface area (TPSA) is 69.0 Å². The minimum atomic E-state index is -0.620. The van der Waals surface area contributed by atoms with Crippen LogP contribution in [-0.4, -0.2) is 43.6 Å². The molecule has 0 radical (unpaired) electrons. The summed E-state index contributed by atoms with van der Waals surface area (Å²) in [5.41, 5.74) is 1.26. The molecule has 1 aromatic heterocycles. The van der Waals surface area contributed by atoms with Gasteiger partial charge in [0.2, 0.25) is 5.76 Å². The van der Waals surface area contributed by atoms with E-state index in [-0.39, 0.29) is 18.3 Å². The first kappa shape index (κ1) is 15.4. The van der Waals surface area contributed by atoms with Gasteiger partial charge in [0, 0.05) is 24.0 Å². The summed E-state index contributed by atoms with van der Waals surface area (Å²) in [6.45, 7) is 3.00. The van der Waals surface area contributed by atoms with Crippen LogP contribution in [0.15, 0.2) is 22.6 Å². The summed E-state index contributed by atoms with van der Waals surface area (Å²) in [7, 11) is 1.58. The number of rotatable bonds is 4. The maximum absolute atomic E-state index is 12.2. The third-order valence-electron chi connectivity index (χ3n) is 4.11. The first-order valence-corrected chi connectivity index (χ1v) is 7.62. The highest BCUT2D eigenvalue weighted by atomic mass is 16.5. The second-order valence-electron chi connectivity index (χ2n) is 5.58. The van der Waals surface area contributed by atoms with Crippen LogP contribution in [0.25, 0.3) is 11.0 Å². The summed E-state index contributed by atoms with van der Waals surface area (Å²) in [5.74, 6) is 0.0319. The van der Waals surface area contributed by atoms with Crippen molar-refractivity contribution in [3.8, 4) is 5.75 Å². The Balaban J connectivity index is 1.73. The molecule has 2 aromatic rings. The number of carbonyl (C=O) groups excluding carboxylic acids is 2. The van der Waals surface area contributed by atoms with Crippen molar-refractivity contribution in [1.29, 1.82) is 0 Å². The number of aryl methyl sites for hydroxylation is 1. The maximum atomic E-state index is 12.2. The lowest BCUT2D eigenvalue weighted by Gasteiger charge is -2.14. The Morgan fingerprint density at radius 1 is 1.26 bits per heavy atom. The lowest BCUT2D eigenvalue weighted by atomic mass is 10.1. The number of fused-ring (bicyclic) bond motifs is 1. The van der Waals surface area contributed by atoms with Gasteiger partial charge in [-0.15, -0.1) is 0 Å². The van der Waals surface area contributed by atoms with Crippen LogP contribution in [0.2, 0.25) is 0 Å². The standard InChI is InChI=1S/C17H19NO5/c1-11-13-9-12(21-2)5-6-14(13)23-16(11)17(20)22-10-15(19)18-7-3-4-8-18/h5-6,9H,3-4,7-8,10H2,1-2H3. The minimum Gasteiger partial charge on any atom is -0.497 e. The Labute approximate surface area is 133 Å². The highest BCUT2D eigenvalue weighted by Gasteiger charge is 2.23. The van der Waals surface area contributed by atoms with Crippen LogP contribution in [-0.2, 0) is 9.53 Å². The number of methoxy groups -OCH3 is 1. The molecule has 6 heteroatoms. The van der Waals surface area contributed by atoms with Crippen molar-refractivity contribution >= 4 is 22.8 Å². The average molecular weight is 317 g/mol. The van der Waals surface area contributed by atoms with Crippen LogP contribution >= 0.6 is 0 Å². The minimum absolute atomic E-state index is 0.127. The van der Waals surface area contributed by atoms with Gasteiger partial charge in [0.1, 0.15) is 11.3 Å². The number of esters is 1. The highest BCUT2D eigenvalue weighted by molar-refractivity contribution is 5.97. The van der Waals surface area contributed by atoms with Gasteiger partial charge < -0.3 is 18.8 Å². The Bertz CT molecular complexity index is 743. The molecule has 6 nitrogen and oxygen atoms in total. The Morgan fingerprint density at radius 3 is 2.70 bits per heavy atom. The third kappa shape index (κ3) is 3.02. The number of ether oxygens (including phenoxy) is 2. The molecule has 0 unspecified atom stereocenters. The van der Waals surface area contributed by atoms with E-state index in [1.54, 1.807) is 37.1 Å². The van der Waals surface area contributed by atoms with Gasteiger partial charge in [-0.05, 0) is 38.0 Å². The van der Waals surface area contributed by atoms with Gasteiger partial charge in [-0.1, -0.05) is 0 Å². The van der Waals surface area contributed by atoms with E-state index in [1.165, 1.54) is 0 Å². The van der Waals surface area contributed by atoms with Crippen LogP contribution in [0.3, 0.4) is 0 Å². The summed E-state index contributed by atoms with van der Waals surface area (Å²) in [6.07, 6.45) is 2.01. The van der Waals surface area contributed by atoms with E-state index in [1.807, 2.05) is 0 Å². The molecule has 0 spiro atoms. The fourth-order valence-corrected chi connectivity index (χ4v) is 2.77. The molecule has 122 valence electrons. The second-order valence-corrected chi connectivity index (χ2v) is 5.58. The molecule has 1 fully saturated rings. The van der Waals surface area contributed by atoms with Gasteiger partial charge in [0.25, 0.3) is 5.91 Å². The largest absolute Gasteiger partial charge is 0.497 e. The number of nitrogens with zero attached hydrogens (tertiary/aromatic N) is 1. The molecule has 0 N–H and O–H groups in total. The predicted octanol–water partition coefficient (Wildman–Crippen LogP) is 2.53. The Kier molecular flexibility index (Phi) is 4.23. The van der Waals surface area contributed by atoms with E-state index in [9.17, 15) is 9.59 Å². The number of hydrogen-bond donors (Lipinski definition) is 0. The van der Waals surface area contributed by atoms with Gasteiger partial charge >= 0.3 is 5.97 Å². The zero-order valence-corrected chi connectivity index (χ0v) is 13.3. The molecule has 1 aromatic carbocycles. The molecule has 0 saturated carbocycles.